The maximum Gasteiger partial charge on any atom is 0.127 e. The lowest BCUT2D eigenvalue weighted by Gasteiger charge is -2.02. The smallest absolute Gasteiger partial charge is 0.127 e. The van der Waals surface area contributed by atoms with Crippen LogP contribution in [-0.4, -0.2) is 16.5 Å². The number of benzene rings is 1. The average Bonchev–Trinajstić information content (AvgIpc) is 2.18. The first-order valence-electron chi connectivity index (χ1n) is 4.52. The number of hydrogen-bond donors (Lipinski definition) is 1. The molecule has 0 aliphatic carbocycles. The number of rotatable bonds is 5. The van der Waals surface area contributed by atoms with Crippen molar-refractivity contribution in [1.29, 1.82) is 0 Å². The molecular weight excluding hydrogens is 201 g/mol. The zero-order valence-electron chi connectivity index (χ0n) is 7.91. The molecule has 0 aromatic heterocycles. The molecule has 1 aromatic rings. The van der Waals surface area contributed by atoms with Gasteiger partial charge in [-0.1, -0.05) is 18.2 Å². The second-order valence-corrected chi connectivity index (χ2v) is 4.60. The summed E-state index contributed by atoms with van der Waals surface area (Å²) in [6.45, 7) is 0.531. The number of halogens is 1. The van der Waals surface area contributed by atoms with Crippen LogP contribution in [0.3, 0.4) is 0 Å². The van der Waals surface area contributed by atoms with Crippen LogP contribution in [0, 0.1) is 5.82 Å². The zero-order chi connectivity index (χ0) is 10.4. The Kier molecular flexibility index (Phi) is 4.76. The Hall–Kier alpha value is -0.740. The van der Waals surface area contributed by atoms with Crippen molar-refractivity contribution in [3.8, 4) is 0 Å². The van der Waals surface area contributed by atoms with Crippen molar-refractivity contribution in [1.82, 2.24) is 0 Å². The molecule has 1 rings (SSSR count). The van der Waals surface area contributed by atoms with Gasteiger partial charge in [0.1, 0.15) is 5.82 Å². The van der Waals surface area contributed by atoms with Crippen LogP contribution in [0.2, 0.25) is 0 Å². The van der Waals surface area contributed by atoms with Gasteiger partial charge in [-0.05, 0) is 19.0 Å². The van der Waals surface area contributed by atoms with Gasteiger partial charge in [0.05, 0.1) is 5.75 Å². The van der Waals surface area contributed by atoms with Gasteiger partial charge in [-0.2, -0.15) is 0 Å². The molecule has 0 spiro atoms. The summed E-state index contributed by atoms with van der Waals surface area (Å²) in [6.07, 6.45) is 0.723. The van der Waals surface area contributed by atoms with E-state index >= 15 is 0 Å². The van der Waals surface area contributed by atoms with Crippen molar-refractivity contribution in [3.05, 3.63) is 35.6 Å². The lowest BCUT2D eigenvalue weighted by atomic mass is 10.2. The van der Waals surface area contributed by atoms with Gasteiger partial charge in [-0.3, -0.25) is 4.21 Å². The van der Waals surface area contributed by atoms with E-state index in [1.807, 2.05) is 0 Å². The highest BCUT2D eigenvalue weighted by atomic mass is 32.2. The normalized spacial score (nSPS) is 12.7. The average molecular weight is 215 g/mol. The fraction of sp³-hybridized carbons (Fsp3) is 0.400. The van der Waals surface area contributed by atoms with Gasteiger partial charge in [0.25, 0.3) is 0 Å². The van der Waals surface area contributed by atoms with E-state index < -0.39 is 10.8 Å². The predicted molar refractivity (Wildman–Crippen MR) is 56.8 cm³/mol. The monoisotopic (exact) mass is 215 g/mol. The van der Waals surface area contributed by atoms with Gasteiger partial charge >= 0.3 is 0 Å². The topological polar surface area (TPSA) is 43.1 Å². The highest BCUT2D eigenvalue weighted by molar-refractivity contribution is 7.84. The van der Waals surface area contributed by atoms with Gasteiger partial charge < -0.3 is 5.73 Å². The van der Waals surface area contributed by atoms with Crippen molar-refractivity contribution in [2.24, 2.45) is 5.73 Å². The second kappa shape index (κ2) is 5.88. The molecule has 0 bridgehead atoms. The van der Waals surface area contributed by atoms with Crippen LogP contribution >= 0.6 is 0 Å². The van der Waals surface area contributed by atoms with Crippen LogP contribution < -0.4 is 5.73 Å². The summed E-state index contributed by atoms with van der Waals surface area (Å²) in [6, 6.07) is 6.42. The maximum atomic E-state index is 13.1. The molecule has 0 fully saturated rings. The Morgan fingerprint density at radius 1 is 1.36 bits per heavy atom. The summed E-state index contributed by atoms with van der Waals surface area (Å²) in [5, 5.41) is 0. The van der Waals surface area contributed by atoms with Crippen molar-refractivity contribution in [3.63, 3.8) is 0 Å². The van der Waals surface area contributed by atoms with E-state index in [4.69, 9.17) is 5.73 Å². The number of hydrogen-bond acceptors (Lipinski definition) is 2. The lowest BCUT2D eigenvalue weighted by Crippen LogP contribution is -2.08. The molecule has 2 N–H and O–H groups in total. The third kappa shape index (κ3) is 3.55. The molecule has 0 radical (unpaired) electrons. The fourth-order valence-electron chi connectivity index (χ4n) is 1.11. The van der Waals surface area contributed by atoms with Crippen LogP contribution in [0.4, 0.5) is 4.39 Å². The van der Waals surface area contributed by atoms with Gasteiger partial charge in [0.2, 0.25) is 0 Å². The van der Waals surface area contributed by atoms with Crippen LogP contribution in [0.25, 0.3) is 0 Å². The highest BCUT2D eigenvalue weighted by Gasteiger charge is 2.05. The molecule has 1 aromatic carbocycles. The molecule has 1 atom stereocenters. The summed E-state index contributed by atoms with van der Waals surface area (Å²) < 4.78 is 24.5. The van der Waals surface area contributed by atoms with E-state index in [9.17, 15) is 8.60 Å². The Balaban J connectivity index is 2.52. The van der Waals surface area contributed by atoms with Crippen LogP contribution in [-0.2, 0) is 16.6 Å². The molecule has 0 saturated carbocycles. The van der Waals surface area contributed by atoms with E-state index in [-0.39, 0.29) is 11.6 Å². The summed E-state index contributed by atoms with van der Waals surface area (Å²) in [7, 11) is -1.00. The minimum Gasteiger partial charge on any atom is -0.330 e. The molecule has 14 heavy (non-hydrogen) atoms. The van der Waals surface area contributed by atoms with Crippen molar-refractivity contribution < 1.29 is 8.60 Å². The second-order valence-electron chi connectivity index (χ2n) is 3.02. The van der Waals surface area contributed by atoms with Crippen molar-refractivity contribution >= 4 is 10.8 Å². The predicted octanol–water partition coefficient (Wildman–Crippen LogP) is 1.42. The highest BCUT2D eigenvalue weighted by Crippen LogP contribution is 2.09. The molecule has 78 valence electrons. The fourth-order valence-corrected chi connectivity index (χ4v) is 2.32. The maximum absolute atomic E-state index is 13.1. The van der Waals surface area contributed by atoms with Crippen LogP contribution in [0.15, 0.2) is 24.3 Å². The largest absolute Gasteiger partial charge is 0.330 e. The van der Waals surface area contributed by atoms with E-state index in [0.717, 1.165) is 6.42 Å². The summed E-state index contributed by atoms with van der Waals surface area (Å²) in [4.78, 5) is 0. The van der Waals surface area contributed by atoms with Gasteiger partial charge in [0.15, 0.2) is 0 Å². The van der Waals surface area contributed by atoms with Gasteiger partial charge in [-0.25, -0.2) is 4.39 Å². The van der Waals surface area contributed by atoms with E-state index in [1.165, 1.54) is 6.07 Å². The van der Waals surface area contributed by atoms with Crippen LogP contribution in [0.1, 0.15) is 12.0 Å². The third-order valence-electron chi connectivity index (χ3n) is 1.85. The molecule has 0 aliphatic rings. The standard InChI is InChI=1S/C10H14FNOS/c11-10-5-2-1-4-9(10)8-14(13)7-3-6-12/h1-2,4-5H,3,6-8,12H2. The summed E-state index contributed by atoms with van der Waals surface area (Å²) >= 11 is 0. The lowest BCUT2D eigenvalue weighted by molar-refractivity contribution is 0.615. The minimum atomic E-state index is -1.00. The molecule has 0 amide bonds. The molecule has 0 heterocycles. The summed E-state index contributed by atoms with van der Waals surface area (Å²) in [5.74, 6) is 0.547. The zero-order valence-corrected chi connectivity index (χ0v) is 8.73. The quantitative estimate of drug-likeness (QED) is 0.807. The number of nitrogens with two attached hydrogens (primary N) is 1. The minimum absolute atomic E-state index is 0.284. The molecular formula is C10H14FNOS. The molecule has 1 unspecified atom stereocenters. The van der Waals surface area contributed by atoms with E-state index in [1.54, 1.807) is 18.2 Å². The SMILES string of the molecule is NCCCS(=O)Cc1ccccc1F. The first-order valence-corrected chi connectivity index (χ1v) is 6.01. The third-order valence-corrected chi connectivity index (χ3v) is 3.23. The van der Waals surface area contributed by atoms with E-state index in [2.05, 4.69) is 0 Å². The van der Waals surface area contributed by atoms with Gasteiger partial charge in [0, 0.05) is 22.1 Å². The molecule has 2 nitrogen and oxygen atoms in total. The van der Waals surface area contributed by atoms with Crippen LogP contribution in [0.5, 0.6) is 0 Å². The molecule has 4 heteroatoms. The van der Waals surface area contributed by atoms with E-state index in [0.29, 0.717) is 17.9 Å². The van der Waals surface area contributed by atoms with Crippen molar-refractivity contribution in [2.45, 2.75) is 12.2 Å². The molecule has 0 aliphatic heterocycles. The molecule has 0 saturated heterocycles. The Morgan fingerprint density at radius 3 is 2.71 bits per heavy atom. The van der Waals surface area contributed by atoms with Crippen molar-refractivity contribution in [2.75, 3.05) is 12.3 Å². The van der Waals surface area contributed by atoms with Gasteiger partial charge in [-0.15, -0.1) is 0 Å². The summed E-state index contributed by atoms with van der Waals surface area (Å²) in [5.41, 5.74) is 5.81. The first kappa shape index (κ1) is 11.3. The Bertz CT molecular complexity index is 317. The Labute approximate surface area is 85.8 Å². The first-order chi connectivity index (χ1) is 6.74. The Morgan fingerprint density at radius 2 is 2.07 bits per heavy atom.